The second-order valence-electron chi connectivity index (χ2n) is 12.7. The third kappa shape index (κ3) is 5.14. The second kappa shape index (κ2) is 8.98. The van der Waals surface area contributed by atoms with Gasteiger partial charge in [-0.25, -0.2) is 9.98 Å². The van der Waals surface area contributed by atoms with E-state index in [4.69, 9.17) is 14.7 Å². The smallest absolute Gasteiger partial charge is 0.206 e. The monoisotopic (exact) mass is 516 g/mol. The number of ether oxygens (including phenoxy) is 1. The Kier molecular flexibility index (Phi) is 5.79. The van der Waals surface area contributed by atoms with Crippen molar-refractivity contribution in [3.63, 3.8) is 0 Å². The number of nitrogens with one attached hydrogen (secondary N) is 2. The van der Waals surface area contributed by atoms with E-state index in [9.17, 15) is 0 Å². The first-order chi connectivity index (χ1) is 18.5. The first-order valence-electron chi connectivity index (χ1n) is 13.6. The van der Waals surface area contributed by atoms with Crippen molar-refractivity contribution in [1.82, 2.24) is 10.3 Å². The van der Waals surface area contributed by atoms with Gasteiger partial charge in [0.05, 0.1) is 22.8 Å². The molecule has 0 radical (unpaired) electrons. The number of nitrogens with zero attached hydrogens (tertiary/aromatic N) is 2. The molecule has 1 unspecified atom stereocenters. The molecular formula is C34H36N4O. The van der Waals surface area contributed by atoms with Gasteiger partial charge < -0.3 is 15.0 Å². The Morgan fingerprint density at radius 2 is 1.44 bits per heavy atom. The topological polar surface area (TPSA) is 61.8 Å². The van der Waals surface area contributed by atoms with Gasteiger partial charge in [-0.1, -0.05) is 59.8 Å². The summed E-state index contributed by atoms with van der Waals surface area (Å²) in [5.74, 6) is 0.892. The van der Waals surface area contributed by atoms with Crippen LogP contribution in [0.3, 0.4) is 0 Å². The van der Waals surface area contributed by atoms with Gasteiger partial charge in [-0.3, -0.25) is 0 Å². The molecule has 8 bridgehead atoms. The highest BCUT2D eigenvalue weighted by atomic mass is 16.5. The third-order valence-electron chi connectivity index (χ3n) is 7.25. The molecule has 4 aliphatic rings. The minimum absolute atomic E-state index is 0.0159. The first-order valence-corrected chi connectivity index (χ1v) is 13.6. The molecule has 1 aromatic carbocycles. The summed E-state index contributed by atoms with van der Waals surface area (Å²) in [5.41, 5.74) is 6.18. The Bertz CT molecular complexity index is 1690. The van der Waals surface area contributed by atoms with Crippen LogP contribution in [-0.4, -0.2) is 22.1 Å². The largest absolute Gasteiger partial charge is 0.464 e. The van der Waals surface area contributed by atoms with Gasteiger partial charge in [-0.2, -0.15) is 0 Å². The molecule has 0 amide bonds. The van der Waals surface area contributed by atoms with Crippen molar-refractivity contribution in [2.24, 2.45) is 9.98 Å². The number of rotatable bonds is 2. The molecule has 4 aliphatic heterocycles. The van der Waals surface area contributed by atoms with Gasteiger partial charge in [-0.05, 0) is 77.1 Å². The highest BCUT2D eigenvalue weighted by Gasteiger charge is 2.37. The van der Waals surface area contributed by atoms with E-state index in [1.807, 2.05) is 18.2 Å². The van der Waals surface area contributed by atoms with E-state index in [1.54, 1.807) is 0 Å². The van der Waals surface area contributed by atoms with Crippen molar-refractivity contribution in [1.29, 1.82) is 0 Å². The van der Waals surface area contributed by atoms with E-state index in [-0.39, 0.29) is 10.8 Å². The zero-order valence-electron chi connectivity index (χ0n) is 23.6. The molecule has 1 atom stereocenters. The summed E-state index contributed by atoms with van der Waals surface area (Å²) in [6.07, 6.45) is 19.3. The van der Waals surface area contributed by atoms with Crippen LogP contribution in [0.4, 0.5) is 0 Å². The van der Waals surface area contributed by atoms with Crippen molar-refractivity contribution >= 4 is 23.6 Å². The summed E-state index contributed by atoms with van der Waals surface area (Å²) in [6.45, 7) is 13.6. The van der Waals surface area contributed by atoms with Gasteiger partial charge in [0, 0.05) is 34.5 Å². The molecule has 0 aliphatic carbocycles. The number of H-pyrrole nitrogens is 1. The Hall–Kier alpha value is -4.12. The van der Waals surface area contributed by atoms with Crippen molar-refractivity contribution < 1.29 is 4.74 Å². The third-order valence-corrected chi connectivity index (χ3v) is 7.25. The number of hydrogen-bond acceptors (Lipinski definition) is 4. The second-order valence-corrected chi connectivity index (χ2v) is 12.7. The Morgan fingerprint density at radius 3 is 2.10 bits per heavy atom. The first kappa shape index (κ1) is 25.2. The minimum Gasteiger partial charge on any atom is -0.464 e. The van der Waals surface area contributed by atoms with Crippen molar-refractivity contribution in [2.75, 3.05) is 0 Å². The van der Waals surface area contributed by atoms with Crippen LogP contribution in [0.1, 0.15) is 59.1 Å². The van der Waals surface area contributed by atoms with Gasteiger partial charge in [0.2, 0.25) is 5.72 Å². The van der Waals surface area contributed by atoms with Gasteiger partial charge in [0.25, 0.3) is 0 Å². The van der Waals surface area contributed by atoms with E-state index in [2.05, 4.69) is 119 Å². The average Bonchev–Trinajstić information content (AvgIpc) is 3.63. The predicted molar refractivity (Wildman–Crippen MR) is 161 cm³/mol. The Labute approximate surface area is 230 Å². The summed E-state index contributed by atoms with van der Waals surface area (Å²) >= 11 is 0. The molecule has 5 heterocycles. The number of allylic oxidation sites excluding steroid dienone is 5. The maximum Gasteiger partial charge on any atom is 0.206 e. The van der Waals surface area contributed by atoms with Crippen LogP contribution in [0.2, 0.25) is 0 Å². The quantitative estimate of drug-likeness (QED) is 0.544. The SMILES string of the molecule is CC(C)(C)c1cccc(OC23C=C4C=CC(=N4)C=c4ccc([nH]4)=CC4=NC(=CC(=CC2)N3)C=C4)c1C(C)(C)C. The molecule has 0 fully saturated rings. The molecular weight excluding hydrogens is 480 g/mol. The summed E-state index contributed by atoms with van der Waals surface area (Å²) in [5, 5.41) is 5.70. The lowest BCUT2D eigenvalue weighted by molar-refractivity contribution is 0.105. The lowest BCUT2D eigenvalue weighted by Crippen LogP contribution is -2.45. The molecule has 5 heteroatoms. The lowest BCUT2D eigenvalue weighted by atomic mass is 9.75. The van der Waals surface area contributed by atoms with Gasteiger partial charge >= 0.3 is 0 Å². The summed E-state index contributed by atoms with van der Waals surface area (Å²) in [7, 11) is 0. The predicted octanol–water partition coefficient (Wildman–Crippen LogP) is 5.63. The Balaban J connectivity index is 1.48. The van der Waals surface area contributed by atoms with E-state index < -0.39 is 5.72 Å². The van der Waals surface area contributed by atoms with E-state index in [1.165, 1.54) is 11.1 Å². The fraction of sp³-hybridized carbons (Fsp3) is 0.294. The summed E-state index contributed by atoms with van der Waals surface area (Å²) in [4.78, 5) is 13.2. The molecule has 5 nitrogen and oxygen atoms in total. The van der Waals surface area contributed by atoms with Crippen LogP contribution in [0.5, 0.6) is 5.75 Å². The van der Waals surface area contributed by atoms with Gasteiger partial charge in [0.1, 0.15) is 5.75 Å². The maximum absolute atomic E-state index is 7.04. The molecule has 2 aromatic rings. The van der Waals surface area contributed by atoms with Crippen LogP contribution in [-0.2, 0) is 10.8 Å². The van der Waals surface area contributed by atoms with Crippen LogP contribution >= 0.6 is 0 Å². The molecule has 198 valence electrons. The number of benzene rings is 1. The van der Waals surface area contributed by atoms with E-state index in [0.29, 0.717) is 6.42 Å². The van der Waals surface area contributed by atoms with Crippen LogP contribution in [0.15, 0.2) is 99.9 Å². The number of aromatic amines is 1. The van der Waals surface area contributed by atoms with E-state index in [0.717, 1.165) is 45.0 Å². The highest BCUT2D eigenvalue weighted by Crippen LogP contribution is 2.42. The molecule has 0 saturated heterocycles. The van der Waals surface area contributed by atoms with Crippen molar-refractivity contribution in [2.45, 2.75) is 64.5 Å². The number of hydrogen-bond donors (Lipinski definition) is 2. The fourth-order valence-electron chi connectivity index (χ4n) is 5.53. The number of aromatic nitrogens is 1. The molecule has 0 saturated carbocycles. The number of fused-ring (bicyclic) bond motifs is 6. The minimum atomic E-state index is -0.792. The number of aliphatic imine (C=N–C) groups is 2. The van der Waals surface area contributed by atoms with Crippen molar-refractivity contribution in [3.05, 3.63) is 112 Å². The zero-order valence-corrected chi connectivity index (χ0v) is 23.6. The highest BCUT2D eigenvalue weighted by molar-refractivity contribution is 6.20. The maximum atomic E-state index is 7.04. The van der Waals surface area contributed by atoms with Crippen LogP contribution < -0.4 is 20.8 Å². The Morgan fingerprint density at radius 1 is 0.769 bits per heavy atom. The molecule has 1 aromatic heterocycles. The van der Waals surface area contributed by atoms with Crippen LogP contribution in [0, 0.1) is 0 Å². The fourth-order valence-corrected chi connectivity index (χ4v) is 5.53. The van der Waals surface area contributed by atoms with Gasteiger partial charge in [-0.15, -0.1) is 0 Å². The molecule has 0 spiro atoms. The van der Waals surface area contributed by atoms with E-state index >= 15 is 0 Å². The molecule has 2 N–H and O–H groups in total. The van der Waals surface area contributed by atoms with Crippen molar-refractivity contribution in [3.8, 4) is 5.75 Å². The van der Waals surface area contributed by atoms with Crippen LogP contribution in [0.25, 0.3) is 12.2 Å². The summed E-state index contributed by atoms with van der Waals surface area (Å²) < 4.78 is 7.04. The summed E-state index contributed by atoms with van der Waals surface area (Å²) in [6, 6.07) is 10.6. The molecule has 39 heavy (non-hydrogen) atoms. The molecule has 6 rings (SSSR count). The average molecular weight is 517 g/mol. The lowest BCUT2D eigenvalue weighted by Gasteiger charge is -2.36. The normalized spacial score (nSPS) is 21.7. The zero-order chi connectivity index (χ0) is 27.4. The standard InChI is InChI=1S/C34H36N4O/c1-32(2,3)29-8-7-9-30(31(29)33(4,5)6)39-34-17-16-27(38-34)20-26-13-12-23(36-26)18-22-10-11-24(35-22)19-25-14-15-28(21-34)37-25/h7-16,18-21,35,38H,17H2,1-6H3. The van der Waals surface area contributed by atoms with Gasteiger partial charge in [0.15, 0.2) is 0 Å².